The molecule has 1 rings (SSSR count). The summed E-state index contributed by atoms with van der Waals surface area (Å²) >= 11 is 3.35. The zero-order chi connectivity index (χ0) is 10.4. The second-order valence-electron chi connectivity index (χ2n) is 2.98. The fraction of sp³-hybridized carbons (Fsp3) is 0.400. The highest BCUT2D eigenvalue weighted by atomic mass is 79.9. The Kier molecular flexibility index (Phi) is 4.93. The van der Waals surface area contributed by atoms with Crippen LogP contribution in [0.3, 0.4) is 0 Å². The maximum absolute atomic E-state index is 9.38. The highest BCUT2D eigenvalue weighted by Crippen LogP contribution is 2.17. The Bertz CT molecular complexity index is 281. The van der Waals surface area contributed by atoms with Crippen molar-refractivity contribution >= 4 is 15.9 Å². The third-order valence-corrected chi connectivity index (χ3v) is 2.17. The molecule has 0 spiro atoms. The van der Waals surface area contributed by atoms with Gasteiger partial charge >= 0.3 is 0 Å². The highest BCUT2D eigenvalue weighted by Gasteiger charge is 2.03. The minimum Gasteiger partial charge on any atom is -0.491 e. The summed E-state index contributed by atoms with van der Waals surface area (Å²) < 4.78 is 6.35. The molecule has 0 aliphatic heterocycles. The number of hydrogen-bond acceptors (Lipinski definition) is 3. The zero-order valence-corrected chi connectivity index (χ0v) is 9.62. The Balaban J connectivity index is 2.37. The molecule has 0 radical (unpaired) electrons. The zero-order valence-electron chi connectivity index (χ0n) is 8.03. The molecule has 1 aromatic carbocycles. The van der Waals surface area contributed by atoms with E-state index in [9.17, 15) is 5.11 Å². The van der Waals surface area contributed by atoms with Gasteiger partial charge in [0.15, 0.2) is 0 Å². The molecule has 4 heteroatoms. The molecule has 0 fully saturated rings. The number of ether oxygens (including phenoxy) is 1. The van der Waals surface area contributed by atoms with Crippen molar-refractivity contribution in [3.05, 3.63) is 28.7 Å². The maximum atomic E-state index is 9.38. The lowest BCUT2D eigenvalue weighted by Gasteiger charge is -2.11. The molecule has 0 saturated heterocycles. The Morgan fingerprint density at radius 3 is 3.00 bits per heavy atom. The minimum atomic E-state index is -0.473. The number of hydrogen-bond donors (Lipinski definition) is 2. The summed E-state index contributed by atoms with van der Waals surface area (Å²) in [6, 6.07) is 7.55. The van der Waals surface area contributed by atoms with E-state index in [2.05, 4.69) is 21.2 Å². The summed E-state index contributed by atoms with van der Waals surface area (Å²) in [6.07, 6.45) is -0.473. The topological polar surface area (TPSA) is 41.5 Å². The van der Waals surface area contributed by atoms with Gasteiger partial charge in [-0.25, -0.2) is 0 Å². The van der Waals surface area contributed by atoms with Crippen LogP contribution in [0.25, 0.3) is 0 Å². The lowest BCUT2D eigenvalue weighted by molar-refractivity contribution is 0.108. The van der Waals surface area contributed by atoms with E-state index < -0.39 is 6.10 Å². The van der Waals surface area contributed by atoms with Gasteiger partial charge in [0, 0.05) is 11.0 Å². The van der Waals surface area contributed by atoms with Crippen LogP contribution in [0.15, 0.2) is 28.7 Å². The molecule has 0 unspecified atom stereocenters. The predicted octanol–water partition coefficient (Wildman–Crippen LogP) is 1.41. The molecular formula is C10H14BrNO2. The first kappa shape index (κ1) is 11.5. The normalized spacial score (nSPS) is 12.5. The fourth-order valence-electron chi connectivity index (χ4n) is 1.04. The van der Waals surface area contributed by atoms with Crippen molar-refractivity contribution in [3.63, 3.8) is 0 Å². The van der Waals surface area contributed by atoms with E-state index in [-0.39, 0.29) is 0 Å². The molecule has 3 nitrogen and oxygen atoms in total. The first-order chi connectivity index (χ1) is 6.72. The van der Waals surface area contributed by atoms with E-state index in [0.29, 0.717) is 13.2 Å². The molecule has 0 heterocycles. The molecule has 0 aliphatic rings. The number of halogens is 1. The van der Waals surface area contributed by atoms with Crippen molar-refractivity contribution in [1.29, 1.82) is 0 Å². The number of aliphatic hydroxyl groups is 1. The number of benzene rings is 1. The summed E-state index contributed by atoms with van der Waals surface area (Å²) in [5.41, 5.74) is 0. The van der Waals surface area contributed by atoms with Gasteiger partial charge in [-0.1, -0.05) is 22.0 Å². The Hall–Kier alpha value is -0.580. The molecule has 1 aromatic rings. The van der Waals surface area contributed by atoms with Gasteiger partial charge < -0.3 is 15.2 Å². The molecule has 0 bridgehead atoms. The van der Waals surface area contributed by atoms with Crippen LogP contribution in [0.4, 0.5) is 0 Å². The predicted molar refractivity (Wildman–Crippen MR) is 59.6 cm³/mol. The molecule has 0 aliphatic carbocycles. The summed E-state index contributed by atoms with van der Waals surface area (Å²) in [7, 11) is 1.79. The number of nitrogens with one attached hydrogen (secondary N) is 1. The van der Waals surface area contributed by atoms with Crippen LogP contribution in [0.1, 0.15) is 0 Å². The minimum absolute atomic E-state index is 0.303. The number of aliphatic hydroxyl groups excluding tert-OH is 1. The van der Waals surface area contributed by atoms with Gasteiger partial charge in [0.05, 0.1) is 0 Å². The molecule has 2 N–H and O–H groups in total. The van der Waals surface area contributed by atoms with Crippen LogP contribution in [0, 0.1) is 0 Å². The number of rotatable bonds is 5. The van der Waals surface area contributed by atoms with Crippen LogP contribution in [0.2, 0.25) is 0 Å². The molecule has 0 aromatic heterocycles. The van der Waals surface area contributed by atoms with Crippen molar-refractivity contribution in [1.82, 2.24) is 5.32 Å². The van der Waals surface area contributed by atoms with Gasteiger partial charge in [-0.3, -0.25) is 0 Å². The molecule has 0 amide bonds. The SMILES string of the molecule is CNC[C@H](O)COc1cccc(Br)c1. The van der Waals surface area contributed by atoms with Gasteiger partial charge in [0.2, 0.25) is 0 Å². The second-order valence-corrected chi connectivity index (χ2v) is 3.90. The Labute approximate surface area is 92.2 Å². The maximum Gasteiger partial charge on any atom is 0.120 e. The van der Waals surface area contributed by atoms with Gasteiger partial charge in [-0.05, 0) is 25.2 Å². The van der Waals surface area contributed by atoms with Crippen molar-refractivity contribution in [2.75, 3.05) is 20.2 Å². The smallest absolute Gasteiger partial charge is 0.120 e. The quantitative estimate of drug-likeness (QED) is 0.841. The van der Waals surface area contributed by atoms with E-state index in [1.807, 2.05) is 24.3 Å². The van der Waals surface area contributed by atoms with Crippen molar-refractivity contribution in [2.24, 2.45) is 0 Å². The van der Waals surface area contributed by atoms with Crippen molar-refractivity contribution < 1.29 is 9.84 Å². The summed E-state index contributed by atoms with van der Waals surface area (Å²) in [5, 5.41) is 12.3. The average Bonchev–Trinajstić information content (AvgIpc) is 2.15. The average molecular weight is 260 g/mol. The largest absolute Gasteiger partial charge is 0.491 e. The molecular weight excluding hydrogens is 246 g/mol. The van der Waals surface area contributed by atoms with E-state index in [0.717, 1.165) is 10.2 Å². The molecule has 1 atom stereocenters. The molecule has 0 saturated carbocycles. The van der Waals surface area contributed by atoms with E-state index in [1.54, 1.807) is 7.05 Å². The van der Waals surface area contributed by atoms with Crippen molar-refractivity contribution in [3.8, 4) is 5.75 Å². The van der Waals surface area contributed by atoms with Crippen LogP contribution >= 0.6 is 15.9 Å². The molecule has 14 heavy (non-hydrogen) atoms. The van der Waals surface area contributed by atoms with Gasteiger partial charge in [0.25, 0.3) is 0 Å². The third kappa shape index (κ3) is 4.09. The highest BCUT2D eigenvalue weighted by molar-refractivity contribution is 9.10. The van der Waals surface area contributed by atoms with Crippen LogP contribution in [-0.4, -0.2) is 31.4 Å². The summed E-state index contributed by atoms with van der Waals surface area (Å²) in [6.45, 7) is 0.839. The van der Waals surface area contributed by atoms with Crippen LogP contribution in [-0.2, 0) is 0 Å². The Morgan fingerprint density at radius 2 is 2.36 bits per heavy atom. The lowest BCUT2D eigenvalue weighted by Crippen LogP contribution is -2.29. The molecule has 78 valence electrons. The second kappa shape index (κ2) is 6.01. The van der Waals surface area contributed by atoms with Gasteiger partial charge in [-0.2, -0.15) is 0 Å². The monoisotopic (exact) mass is 259 g/mol. The first-order valence-electron chi connectivity index (χ1n) is 4.43. The van der Waals surface area contributed by atoms with Gasteiger partial charge in [-0.15, -0.1) is 0 Å². The van der Waals surface area contributed by atoms with E-state index in [1.165, 1.54) is 0 Å². The first-order valence-corrected chi connectivity index (χ1v) is 5.22. The Morgan fingerprint density at radius 1 is 1.57 bits per heavy atom. The standard InChI is InChI=1S/C10H14BrNO2/c1-12-6-9(13)7-14-10-4-2-3-8(11)5-10/h2-5,9,12-13H,6-7H2,1H3/t9-/m0/s1. The van der Waals surface area contributed by atoms with Crippen LogP contribution in [0.5, 0.6) is 5.75 Å². The van der Waals surface area contributed by atoms with Crippen molar-refractivity contribution in [2.45, 2.75) is 6.10 Å². The summed E-state index contributed by atoms with van der Waals surface area (Å²) in [5.74, 6) is 0.759. The fourth-order valence-corrected chi connectivity index (χ4v) is 1.42. The van der Waals surface area contributed by atoms with E-state index in [4.69, 9.17) is 4.74 Å². The third-order valence-electron chi connectivity index (χ3n) is 1.68. The number of likely N-dealkylation sites (N-methyl/N-ethyl adjacent to an activating group) is 1. The summed E-state index contributed by atoms with van der Waals surface area (Å²) in [4.78, 5) is 0. The van der Waals surface area contributed by atoms with E-state index >= 15 is 0 Å². The van der Waals surface area contributed by atoms with Crippen LogP contribution < -0.4 is 10.1 Å². The lowest BCUT2D eigenvalue weighted by atomic mass is 10.3. The van der Waals surface area contributed by atoms with Gasteiger partial charge in [0.1, 0.15) is 18.5 Å².